The Labute approximate surface area is 86.5 Å². The Morgan fingerprint density at radius 3 is 3.00 bits per heavy atom. The summed E-state index contributed by atoms with van der Waals surface area (Å²) in [5, 5.41) is 0. The van der Waals surface area contributed by atoms with Gasteiger partial charge in [-0.2, -0.15) is 0 Å². The van der Waals surface area contributed by atoms with Crippen LogP contribution in [0.2, 0.25) is 0 Å². The van der Waals surface area contributed by atoms with E-state index in [1.165, 1.54) is 0 Å². The van der Waals surface area contributed by atoms with E-state index in [1.807, 2.05) is 6.92 Å². The molecule has 0 radical (unpaired) electrons. The molecule has 1 aromatic rings. The number of esters is 1. The van der Waals surface area contributed by atoms with Crippen LogP contribution in [0.25, 0.3) is 0 Å². The van der Waals surface area contributed by atoms with Crippen LogP contribution < -0.4 is 5.73 Å². The molecule has 5 nitrogen and oxygen atoms in total. The highest BCUT2D eigenvalue weighted by Gasteiger charge is 2.17. The third-order valence-corrected chi connectivity index (χ3v) is 1.74. The molecule has 1 aromatic heterocycles. The number of anilines is 1. The second-order valence-electron chi connectivity index (χ2n) is 2.91. The fourth-order valence-corrected chi connectivity index (χ4v) is 0.903. The quantitative estimate of drug-likeness (QED) is 0.599. The topological polar surface area (TPSA) is 78.1 Å². The Balaban J connectivity index is 2.69. The summed E-state index contributed by atoms with van der Waals surface area (Å²) in [5.74, 6) is -2.10. The summed E-state index contributed by atoms with van der Waals surface area (Å²) < 4.78 is 18.0. The molecule has 15 heavy (non-hydrogen) atoms. The summed E-state index contributed by atoms with van der Waals surface area (Å²) >= 11 is 0. The predicted octanol–water partition coefficient (Wildman–Crippen LogP) is 1.15. The number of aromatic nitrogens is 2. The second kappa shape index (κ2) is 5.23. The van der Waals surface area contributed by atoms with E-state index in [-0.39, 0.29) is 12.4 Å². The zero-order valence-corrected chi connectivity index (χ0v) is 8.36. The average Bonchev–Trinajstić information content (AvgIpc) is 2.22. The Morgan fingerprint density at radius 1 is 1.60 bits per heavy atom. The van der Waals surface area contributed by atoms with Crippen molar-refractivity contribution in [3.05, 3.63) is 17.8 Å². The number of nitrogen functional groups attached to an aromatic ring is 1. The normalized spacial score (nSPS) is 10.0. The summed E-state index contributed by atoms with van der Waals surface area (Å²) in [6.07, 6.45) is 2.64. The highest BCUT2D eigenvalue weighted by molar-refractivity contribution is 5.88. The van der Waals surface area contributed by atoms with Crippen LogP contribution in [0.3, 0.4) is 0 Å². The number of carbonyl (C=O) groups is 1. The van der Waals surface area contributed by atoms with E-state index in [9.17, 15) is 9.18 Å². The molecule has 1 rings (SSSR count). The van der Waals surface area contributed by atoms with E-state index in [0.717, 1.165) is 19.2 Å². The molecule has 2 N–H and O–H groups in total. The van der Waals surface area contributed by atoms with Crippen molar-refractivity contribution in [2.45, 2.75) is 19.8 Å². The first-order chi connectivity index (χ1) is 7.16. The van der Waals surface area contributed by atoms with E-state index < -0.39 is 17.5 Å². The SMILES string of the molecule is CCCCOC(=O)c1ncnc(N)c1F. The number of nitrogens with two attached hydrogens (primary N) is 1. The van der Waals surface area contributed by atoms with Gasteiger partial charge < -0.3 is 10.5 Å². The fourth-order valence-electron chi connectivity index (χ4n) is 0.903. The number of rotatable bonds is 4. The molecule has 0 aliphatic heterocycles. The van der Waals surface area contributed by atoms with Crippen molar-refractivity contribution in [1.29, 1.82) is 0 Å². The van der Waals surface area contributed by atoms with Crippen molar-refractivity contribution in [2.24, 2.45) is 0 Å². The van der Waals surface area contributed by atoms with Crippen LogP contribution in [0.1, 0.15) is 30.3 Å². The number of halogens is 1. The van der Waals surface area contributed by atoms with E-state index in [1.54, 1.807) is 0 Å². The van der Waals surface area contributed by atoms with Gasteiger partial charge in [0.25, 0.3) is 0 Å². The van der Waals surface area contributed by atoms with Gasteiger partial charge in [0.15, 0.2) is 17.3 Å². The monoisotopic (exact) mass is 213 g/mol. The number of ether oxygens (including phenoxy) is 1. The van der Waals surface area contributed by atoms with Crippen molar-refractivity contribution >= 4 is 11.8 Å². The van der Waals surface area contributed by atoms with Gasteiger partial charge in [-0.25, -0.2) is 19.2 Å². The molecule has 0 saturated carbocycles. The average molecular weight is 213 g/mol. The molecule has 0 fully saturated rings. The van der Waals surface area contributed by atoms with Crippen molar-refractivity contribution in [3.63, 3.8) is 0 Å². The van der Waals surface area contributed by atoms with E-state index in [2.05, 4.69) is 9.97 Å². The van der Waals surface area contributed by atoms with E-state index in [4.69, 9.17) is 10.5 Å². The minimum Gasteiger partial charge on any atom is -0.461 e. The Bertz CT molecular complexity index is 357. The standard InChI is InChI=1S/C9H12FN3O2/c1-2-3-4-15-9(14)7-6(10)8(11)13-5-12-7/h5H,2-4H2,1H3,(H2,11,12,13). The van der Waals surface area contributed by atoms with Gasteiger partial charge in [-0.1, -0.05) is 13.3 Å². The lowest BCUT2D eigenvalue weighted by atomic mass is 10.3. The Morgan fingerprint density at radius 2 is 2.33 bits per heavy atom. The predicted molar refractivity (Wildman–Crippen MR) is 51.6 cm³/mol. The van der Waals surface area contributed by atoms with Gasteiger partial charge in [-0.3, -0.25) is 0 Å². The molecule has 0 saturated heterocycles. The number of hydrogen-bond donors (Lipinski definition) is 1. The molecule has 1 heterocycles. The summed E-state index contributed by atoms with van der Waals surface area (Å²) in [6.45, 7) is 2.20. The number of nitrogens with zero attached hydrogens (tertiary/aromatic N) is 2. The molecule has 0 spiro atoms. The maximum absolute atomic E-state index is 13.2. The van der Waals surface area contributed by atoms with Gasteiger partial charge >= 0.3 is 5.97 Å². The minimum atomic E-state index is -0.931. The van der Waals surface area contributed by atoms with Gasteiger partial charge in [0.05, 0.1) is 6.61 Å². The highest BCUT2D eigenvalue weighted by Crippen LogP contribution is 2.10. The highest BCUT2D eigenvalue weighted by atomic mass is 19.1. The number of carbonyl (C=O) groups excluding carboxylic acids is 1. The Kier molecular flexibility index (Phi) is 3.96. The molecule has 0 amide bonds. The lowest BCUT2D eigenvalue weighted by Crippen LogP contribution is -2.13. The lowest BCUT2D eigenvalue weighted by Gasteiger charge is -2.04. The van der Waals surface area contributed by atoms with Crippen molar-refractivity contribution < 1.29 is 13.9 Å². The zero-order valence-electron chi connectivity index (χ0n) is 8.36. The largest absolute Gasteiger partial charge is 0.461 e. The van der Waals surface area contributed by atoms with Gasteiger partial charge in [-0.15, -0.1) is 0 Å². The van der Waals surface area contributed by atoms with Crippen LogP contribution in [0.15, 0.2) is 6.33 Å². The molecule has 0 aliphatic carbocycles. The molecular formula is C9H12FN3O2. The van der Waals surface area contributed by atoms with Gasteiger partial charge in [0, 0.05) is 0 Å². The van der Waals surface area contributed by atoms with Crippen LogP contribution in [-0.2, 0) is 4.74 Å². The van der Waals surface area contributed by atoms with Crippen molar-refractivity contribution in [2.75, 3.05) is 12.3 Å². The number of hydrogen-bond acceptors (Lipinski definition) is 5. The maximum Gasteiger partial charge on any atom is 0.360 e. The maximum atomic E-state index is 13.2. The van der Waals surface area contributed by atoms with Crippen molar-refractivity contribution in [1.82, 2.24) is 9.97 Å². The smallest absolute Gasteiger partial charge is 0.360 e. The molecule has 0 aliphatic rings. The molecule has 6 heteroatoms. The molecule has 0 atom stereocenters. The zero-order chi connectivity index (χ0) is 11.3. The van der Waals surface area contributed by atoms with Crippen LogP contribution in [0.4, 0.5) is 10.2 Å². The summed E-state index contributed by atoms with van der Waals surface area (Å²) in [6, 6.07) is 0. The second-order valence-corrected chi connectivity index (χ2v) is 2.91. The van der Waals surface area contributed by atoms with Gasteiger partial charge in [-0.05, 0) is 6.42 Å². The van der Waals surface area contributed by atoms with Gasteiger partial charge in [0.2, 0.25) is 0 Å². The van der Waals surface area contributed by atoms with Crippen LogP contribution >= 0.6 is 0 Å². The third-order valence-electron chi connectivity index (χ3n) is 1.74. The summed E-state index contributed by atoms with van der Waals surface area (Å²) in [4.78, 5) is 18.2. The molecule has 0 bridgehead atoms. The van der Waals surface area contributed by atoms with Crippen molar-refractivity contribution in [3.8, 4) is 0 Å². The van der Waals surface area contributed by atoms with Crippen LogP contribution in [0.5, 0.6) is 0 Å². The lowest BCUT2D eigenvalue weighted by molar-refractivity contribution is 0.0487. The fraction of sp³-hybridized carbons (Fsp3) is 0.444. The third kappa shape index (κ3) is 2.87. The molecule has 82 valence electrons. The first kappa shape index (κ1) is 11.4. The molecule has 0 unspecified atom stereocenters. The first-order valence-corrected chi connectivity index (χ1v) is 4.60. The van der Waals surface area contributed by atoms with Gasteiger partial charge in [0.1, 0.15) is 6.33 Å². The number of unbranched alkanes of at least 4 members (excludes halogenated alkanes) is 1. The molecule has 0 aromatic carbocycles. The van der Waals surface area contributed by atoms with Crippen LogP contribution in [-0.4, -0.2) is 22.5 Å². The first-order valence-electron chi connectivity index (χ1n) is 4.60. The van der Waals surface area contributed by atoms with Crippen LogP contribution in [0, 0.1) is 5.82 Å². The summed E-state index contributed by atoms with van der Waals surface area (Å²) in [7, 11) is 0. The van der Waals surface area contributed by atoms with E-state index in [0.29, 0.717) is 0 Å². The Hall–Kier alpha value is -1.72. The summed E-state index contributed by atoms with van der Waals surface area (Å²) in [5.41, 5.74) is 4.76. The molecular weight excluding hydrogens is 201 g/mol. The minimum absolute atomic E-state index is 0.249. The van der Waals surface area contributed by atoms with E-state index >= 15 is 0 Å².